The van der Waals surface area contributed by atoms with Crippen molar-refractivity contribution < 1.29 is 4.74 Å². The molecule has 0 radical (unpaired) electrons. The highest BCUT2D eigenvalue weighted by atomic mass is 16.5. The first kappa shape index (κ1) is 11.7. The minimum atomic E-state index is 0.237. The Kier molecular flexibility index (Phi) is 3.50. The van der Waals surface area contributed by atoms with Crippen LogP contribution in [-0.4, -0.2) is 31.1 Å². The summed E-state index contributed by atoms with van der Waals surface area (Å²) in [5.41, 5.74) is 6.97. The monoisotopic (exact) mass is 231 g/mol. The fourth-order valence-electron chi connectivity index (χ4n) is 2.01. The predicted molar refractivity (Wildman–Crippen MR) is 66.7 cm³/mol. The highest BCUT2D eigenvalue weighted by Gasteiger charge is 2.18. The minimum Gasteiger partial charge on any atom is -0.488 e. The first-order chi connectivity index (χ1) is 8.19. The number of hydrogen-bond donors (Lipinski definition) is 1. The lowest BCUT2D eigenvalue weighted by atomic mass is 10.1. The lowest BCUT2D eigenvalue weighted by Gasteiger charge is -2.29. The summed E-state index contributed by atoms with van der Waals surface area (Å²) in [6, 6.07) is 7.24. The average Bonchev–Trinajstić information content (AvgIpc) is 2.34. The van der Waals surface area contributed by atoms with Crippen molar-refractivity contribution in [3.8, 4) is 11.8 Å². The van der Waals surface area contributed by atoms with Crippen molar-refractivity contribution in [2.24, 2.45) is 0 Å². The van der Waals surface area contributed by atoms with Crippen LogP contribution in [0.1, 0.15) is 18.4 Å². The third-order valence-corrected chi connectivity index (χ3v) is 3.10. The Bertz CT molecular complexity index is 431. The SMILES string of the molecule is CN1CCC(Oc2ccc(C#N)cc2N)CC1. The van der Waals surface area contributed by atoms with Crippen molar-refractivity contribution >= 4 is 5.69 Å². The van der Waals surface area contributed by atoms with Gasteiger partial charge in [-0.25, -0.2) is 0 Å². The van der Waals surface area contributed by atoms with Crippen LogP contribution in [0.25, 0.3) is 0 Å². The molecular formula is C13H17N3O. The van der Waals surface area contributed by atoms with Crippen LogP contribution < -0.4 is 10.5 Å². The number of rotatable bonds is 2. The molecule has 0 saturated carbocycles. The van der Waals surface area contributed by atoms with E-state index in [4.69, 9.17) is 15.7 Å². The van der Waals surface area contributed by atoms with Crippen LogP contribution in [0.5, 0.6) is 5.75 Å². The molecule has 0 spiro atoms. The van der Waals surface area contributed by atoms with Crippen LogP contribution in [-0.2, 0) is 0 Å². The number of anilines is 1. The number of nitrogen functional groups attached to an aromatic ring is 1. The molecule has 1 aromatic rings. The van der Waals surface area contributed by atoms with E-state index in [1.165, 1.54) is 0 Å². The molecule has 0 aliphatic carbocycles. The van der Waals surface area contributed by atoms with E-state index in [-0.39, 0.29) is 6.10 Å². The van der Waals surface area contributed by atoms with Gasteiger partial charge in [0.1, 0.15) is 11.9 Å². The number of hydrogen-bond acceptors (Lipinski definition) is 4. The lowest BCUT2D eigenvalue weighted by molar-refractivity contribution is 0.115. The van der Waals surface area contributed by atoms with E-state index < -0.39 is 0 Å². The van der Waals surface area contributed by atoms with Crippen molar-refractivity contribution in [2.45, 2.75) is 18.9 Å². The van der Waals surface area contributed by atoms with Crippen LogP contribution in [0.3, 0.4) is 0 Å². The molecule has 0 unspecified atom stereocenters. The van der Waals surface area contributed by atoms with Gasteiger partial charge < -0.3 is 15.4 Å². The second kappa shape index (κ2) is 5.07. The molecule has 0 bridgehead atoms. The van der Waals surface area contributed by atoms with E-state index in [9.17, 15) is 0 Å². The molecule has 1 saturated heterocycles. The summed E-state index contributed by atoms with van der Waals surface area (Å²) in [5, 5.41) is 8.75. The van der Waals surface area contributed by atoms with Crippen molar-refractivity contribution in [1.82, 2.24) is 4.90 Å². The van der Waals surface area contributed by atoms with Crippen LogP contribution in [0.2, 0.25) is 0 Å². The Morgan fingerprint density at radius 1 is 1.41 bits per heavy atom. The van der Waals surface area contributed by atoms with Gasteiger partial charge in [-0.2, -0.15) is 5.26 Å². The summed E-state index contributed by atoms with van der Waals surface area (Å²) < 4.78 is 5.87. The van der Waals surface area contributed by atoms with Gasteiger partial charge in [0, 0.05) is 13.1 Å². The third kappa shape index (κ3) is 2.89. The number of nitrogens with two attached hydrogens (primary N) is 1. The summed E-state index contributed by atoms with van der Waals surface area (Å²) in [5.74, 6) is 0.693. The van der Waals surface area contributed by atoms with Gasteiger partial charge >= 0.3 is 0 Å². The quantitative estimate of drug-likeness (QED) is 0.785. The van der Waals surface area contributed by atoms with E-state index in [0.717, 1.165) is 25.9 Å². The molecule has 4 nitrogen and oxygen atoms in total. The highest BCUT2D eigenvalue weighted by molar-refractivity contribution is 5.56. The number of benzene rings is 1. The Labute approximate surface area is 102 Å². The largest absolute Gasteiger partial charge is 0.488 e. The van der Waals surface area contributed by atoms with Crippen LogP contribution in [0.4, 0.5) is 5.69 Å². The first-order valence-electron chi connectivity index (χ1n) is 5.84. The number of likely N-dealkylation sites (tertiary alicyclic amines) is 1. The zero-order valence-corrected chi connectivity index (χ0v) is 10.0. The number of nitrogens with zero attached hydrogens (tertiary/aromatic N) is 2. The average molecular weight is 231 g/mol. The molecule has 0 aromatic heterocycles. The van der Waals surface area contributed by atoms with E-state index >= 15 is 0 Å². The summed E-state index contributed by atoms with van der Waals surface area (Å²) in [4.78, 5) is 2.29. The third-order valence-electron chi connectivity index (χ3n) is 3.10. The molecule has 2 N–H and O–H groups in total. The predicted octanol–water partition coefficient (Wildman–Crippen LogP) is 1.61. The smallest absolute Gasteiger partial charge is 0.142 e. The molecule has 2 rings (SSSR count). The van der Waals surface area contributed by atoms with Gasteiger partial charge in [0.15, 0.2) is 0 Å². The summed E-state index contributed by atoms with van der Waals surface area (Å²) in [7, 11) is 2.12. The topological polar surface area (TPSA) is 62.3 Å². The van der Waals surface area contributed by atoms with E-state index in [2.05, 4.69) is 18.0 Å². The van der Waals surface area contributed by atoms with Crippen molar-refractivity contribution in [3.05, 3.63) is 23.8 Å². The van der Waals surface area contributed by atoms with Gasteiger partial charge in [0.2, 0.25) is 0 Å². The number of piperidine rings is 1. The number of ether oxygens (including phenoxy) is 1. The van der Waals surface area contributed by atoms with Crippen LogP contribution >= 0.6 is 0 Å². The molecule has 4 heteroatoms. The van der Waals surface area contributed by atoms with Gasteiger partial charge in [0.25, 0.3) is 0 Å². The summed E-state index contributed by atoms with van der Waals surface area (Å²) in [6.07, 6.45) is 2.28. The molecule has 1 fully saturated rings. The maximum atomic E-state index is 8.75. The fraction of sp³-hybridized carbons (Fsp3) is 0.462. The van der Waals surface area contributed by atoms with E-state index in [0.29, 0.717) is 17.0 Å². The Morgan fingerprint density at radius 3 is 2.71 bits per heavy atom. The lowest BCUT2D eigenvalue weighted by Crippen LogP contribution is -2.35. The molecule has 1 heterocycles. The zero-order chi connectivity index (χ0) is 12.3. The van der Waals surface area contributed by atoms with Crippen molar-refractivity contribution in [2.75, 3.05) is 25.9 Å². The number of nitriles is 1. The molecule has 1 aliphatic rings. The summed E-state index contributed by atoms with van der Waals surface area (Å²) >= 11 is 0. The maximum Gasteiger partial charge on any atom is 0.142 e. The Morgan fingerprint density at radius 2 is 2.12 bits per heavy atom. The summed E-state index contributed by atoms with van der Waals surface area (Å²) in [6.45, 7) is 2.11. The van der Waals surface area contributed by atoms with Gasteiger partial charge in [0.05, 0.1) is 17.3 Å². The molecule has 0 atom stereocenters. The molecule has 1 aromatic carbocycles. The second-order valence-electron chi connectivity index (χ2n) is 4.48. The minimum absolute atomic E-state index is 0.237. The van der Waals surface area contributed by atoms with Crippen LogP contribution in [0, 0.1) is 11.3 Å². The van der Waals surface area contributed by atoms with Gasteiger partial charge in [-0.1, -0.05) is 0 Å². The molecule has 1 aliphatic heterocycles. The second-order valence-corrected chi connectivity index (χ2v) is 4.48. The standard InChI is InChI=1S/C13H17N3O/c1-16-6-4-11(5-7-16)17-13-3-2-10(9-14)8-12(13)15/h2-3,8,11H,4-7,15H2,1H3. The van der Waals surface area contributed by atoms with E-state index in [1.54, 1.807) is 18.2 Å². The zero-order valence-electron chi connectivity index (χ0n) is 10.0. The van der Waals surface area contributed by atoms with Crippen molar-refractivity contribution in [3.63, 3.8) is 0 Å². The van der Waals surface area contributed by atoms with Gasteiger partial charge in [-0.05, 0) is 38.1 Å². The van der Waals surface area contributed by atoms with Crippen molar-refractivity contribution in [1.29, 1.82) is 5.26 Å². The van der Waals surface area contributed by atoms with Gasteiger partial charge in [-0.3, -0.25) is 0 Å². The van der Waals surface area contributed by atoms with Crippen LogP contribution in [0.15, 0.2) is 18.2 Å². The fourth-order valence-corrected chi connectivity index (χ4v) is 2.01. The molecule has 90 valence electrons. The Balaban J connectivity index is 2.02. The van der Waals surface area contributed by atoms with E-state index in [1.807, 2.05) is 0 Å². The molecule has 17 heavy (non-hydrogen) atoms. The molecular weight excluding hydrogens is 214 g/mol. The Hall–Kier alpha value is -1.73. The highest BCUT2D eigenvalue weighted by Crippen LogP contribution is 2.25. The normalized spacial score (nSPS) is 17.6. The first-order valence-corrected chi connectivity index (χ1v) is 5.84. The maximum absolute atomic E-state index is 8.75. The molecule has 0 amide bonds. The van der Waals surface area contributed by atoms with Gasteiger partial charge in [-0.15, -0.1) is 0 Å².